The summed E-state index contributed by atoms with van der Waals surface area (Å²) in [5.74, 6) is 1.14. The van der Waals surface area contributed by atoms with Crippen molar-refractivity contribution < 1.29 is 19.1 Å². The Hall–Kier alpha value is -2.50. The molecule has 0 aliphatic carbocycles. The Morgan fingerprint density at radius 1 is 1.23 bits per heavy atom. The maximum Gasteiger partial charge on any atom is 0.247 e. The summed E-state index contributed by atoms with van der Waals surface area (Å²) in [6, 6.07) is 5.58. The van der Waals surface area contributed by atoms with Crippen LogP contribution in [-0.4, -0.2) is 49.6 Å². The lowest BCUT2D eigenvalue weighted by atomic mass is 10.2. The fourth-order valence-corrected chi connectivity index (χ4v) is 2.38. The fourth-order valence-electron chi connectivity index (χ4n) is 2.38. The molecule has 2 heterocycles. The van der Waals surface area contributed by atoms with Crippen LogP contribution in [0.5, 0.6) is 11.5 Å². The van der Waals surface area contributed by atoms with Crippen LogP contribution in [0.25, 0.3) is 6.08 Å². The number of nitrogens with zero attached hydrogens (tertiary/aromatic N) is 1. The van der Waals surface area contributed by atoms with Gasteiger partial charge in [-0.25, -0.2) is 0 Å². The summed E-state index contributed by atoms with van der Waals surface area (Å²) in [5.41, 5.74) is 0.860. The van der Waals surface area contributed by atoms with Crippen molar-refractivity contribution in [2.45, 2.75) is 6.42 Å². The Labute approximate surface area is 128 Å². The van der Waals surface area contributed by atoms with Gasteiger partial charge in [-0.15, -0.1) is 0 Å². The summed E-state index contributed by atoms with van der Waals surface area (Å²) in [7, 11) is 0. The smallest absolute Gasteiger partial charge is 0.247 e. The largest absolute Gasteiger partial charge is 0.490 e. The number of hydrogen-bond acceptors (Lipinski definition) is 4. The van der Waals surface area contributed by atoms with E-state index in [2.05, 4.69) is 5.32 Å². The number of fused-ring (bicyclic) bond motifs is 1. The van der Waals surface area contributed by atoms with Gasteiger partial charge in [-0.2, -0.15) is 0 Å². The molecule has 1 fully saturated rings. The zero-order chi connectivity index (χ0) is 15.4. The van der Waals surface area contributed by atoms with Gasteiger partial charge in [-0.3, -0.25) is 9.59 Å². The number of benzene rings is 1. The summed E-state index contributed by atoms with van der Waals surface area (Å²) in [6.07, 6.45) is 4.07. The maximum atomic E-state index is 12.1. The zero-order valence-corrected chi connectivity index (χ0v) is 12.2. The Morgan fingerprint density at radius 2 is 2.05 bits per heavy atom. The predicted octanol–water partition coefficient (Wildman–Crippen LogP) is 0.819. The molecule has 6 nitrogen and oxygen atoms in total. The van der Waals surface area contributed by atoms with Crippen LogP contribution < -0.4 is 14.8 Å². The molecule has 0 aromatic heterocycles. The van der Waals surface area contributed by atoms with Crippen LogP contribution in [0.4, 0.5) is 0 Å². The first-order chi connectivity index (χ1) is 10.7. The van der Waals surface area contributed by atoms with Crippen LogP contribution in [-0.2, 0) is 9.59 Å². The lowest BCUT2D eigenvalue weighted by Crippen LogP contribution is -2.49. The lowest BCUT2D eigenvalue weighted by Gasteiger charge is -2.25. The Balaban J connectivity index is 1.68. The molecule has 0 spiro atoms. The van der Waals surface area contributed by atoms with Crippen LogP contribution in [0.1, 0.15) is 12.0 Å². The van der Waals surface area contributed by atoms with E-state index in [1.165, 1.54) is 11.0 Å². The first-order valence-electron chi connectivity index (χ1n) is 7.36. The number of carbonyl (C=O) groups excluding carboxylic acids is 2. The second-order valence-corrected chi connectivity index (χ2v) is 5.20. The van der Waals surface area contributed by atoms with Crippen LogP contribution in [0, 0.1) is 0 Å². The summed E-state index contributed by atoms with van der Waals surface area (Å²) in [5, 5.41) is 2.69. The van der Waals surface area contributed by atoms with Gasteiger partial charge in [-0.05, 0) is 23.8 Å². The second kappa shape index (κ2) is 6.51. The number of carbonyl (C=O) groups is 2. The second-order valence-electron chi connectivity index (χ2n) is 5.20. The van der Waals surface area contributed by atoms with Crippen molar-refractivity contribution in [1.29, 1.82) is 0 Å². The predicted molar refractivity (Wildman–Crippen MR) is 80.7 cm³/mol. The van der Waals surface area contributed by atoms with Gasteiger partial charge in [-0.1, -0.05) is 6.07 Å². The third-order valence-corrected chi connectivity index (χ3v) is 3.54. The van der Waals surface area contributed by atoms with Crippen molar-refractivity contribution in [2.24, 2.45) is 0 Å². The molecule has 3 rings (SSSR count). The van der Waals surface area contributed by atoms with Crippen molar-refractivity contribution in [3.63, 3.8) is 0 Å². The molecule has 1 aromatic rings. The van der Waals surface area contributed by atoms with E-state index in [-0.39, 0.29) is 18.4 Å². The molecule has 22 heavy (non-hydrogen) atoms. The highest BCUT2D eigenvalue weighted by molar-refractivity contribution is 5.95. The molecule has 2 aliphatic rings. The molecule has 116 valence electrons. The van der Waals surface area contributed by atoms with Crippen molar-refractivity contribution in [3.8, 4) is 11.5 Å². The molecule has 0 saturated carbocycles. The summed E-state index contributed by atoms with van der Waals surface area (Å²) in [4.78, 5) is 24.9. The molecule has 1 N–H and O–H groups in total. The van der Waals surface area contributed by atoms with Gasteiger partial charge < -0.3 is 19.7 Å². The van der Waals surface area contributed by atoms with E-state index in [1.54, 1.807) is 6.08 Å². The summed E-state index contributed by atoms with van der Waals surface area (Å²) in [6.45, 7) is 2.43. The molecule has 1 aromatic carbocycles. The van der Waals surface area contributed by atoms with Gasteiger partial charge in [0.1, 0.15) is 0 Å². The topological polar surface area (TPSA) is 67.9 Å². The maximum absolute atomic E-state index is 12.1. The molecule has 0 unspecified atom stereocenters. The lowest BCUT2D eigenvalue weighted by molar-refractivity contribution is -0.134. The van der Waals surface area contributed by atoms with E-state index in [4.69, 9.17) is 9.47 Å². The van der Waals surface area contributed by atoms with Crippen LogP contribution in [0.15, 0.2) is 24.3 Å². The molecule has 0 bridgehead atoms. The monoisotopic (exact) mass is 302 g/mol. The van der Waals surface area contributed by atoms with Crippen molar-refractivity contribution in [2.75, 3.05) is 32.8 Å². The average Bonchev–Trinajstić information content (AvgIpc) is 2.77. The van der Waals surface area contributed by atoms with Gasteiger partial charge in [0.05, 0.1) is 19.8 Å². The van der Waals surface area contributed by atoms with E-state index in [0.717, 1.165) is 17.7 Å². The third kappa shape index (κ3) is 3.39. The van der Waals surface area contributed by atoms with E-state index in [9.17, 15) is 9.59 Å². The zero-order valence-electron chi connectivity index (χ0n) is 12.2. The van der Waals surface area contributed by atoms with Gasteiger partial charge >= 0.3 is 0 Å². The molecule has 2 aliphatic heterocycles. The summed E-state index contributed by atoms with van der Waals surface area (Å²) >= 11 is 0. The Kier molecular flexibility index (Phi) is 4.27. The normalized spacial score (nSPS) is 18.0. The molecule has 0 atom stereocenters. The molecular weight excluding hydrogens is 284 g/mol. The molecule has 6 heteroatoms. The van der Waals surface area contributed by atoms with Gasteiger partial charge in [0.2, 0.25) is 11.8 Å². The standard InChI is InChI=1S/C16H18N2O4/c19-15-11-18(7-6-17-15)16(20)5-3-12-2-4-13-14(10-12)22-9-1-8-21-13/h2-5,10H,1,6-9,11H2,(H,17,19). The van der Waals surface area contributed by atoms with Crippen LogP contribution in [0.3, 0.4) is 0 Å². The van der Waals surface area contributed by atoms with Gasteiger partial charge in [0.25, 0.3) is 0 Å². The molecule has 1 saturated heterocycles. The quantitative estimate of drug-likeness (QED) is 0.821. The molecular formula is C16H18N2O4. The fraction of sp³-hybridized carbons (Fsp3) is 0.375. The first-order valence-corrected chi connectivity index (χ1v) is 7.36. The Bertz CT molecular complexity index is 612. The number of rotatable bonds is 2. The van der Waals surface area contributed by atoms with Crippen molar-refractivity contribution in [1.82, 2.24) is 10.2 Å². The first kappa shape index (κ1) is 14.4. The number of piperazine rings is 1. The minimum atomic E-state index is -0.165. The van der Waals surface area contributed by atoms with Crippen molar-refractivity contribution in [3.05, 3.63) is 29.8 Å². The molecule has 0 radical (unpaired) electrons. The minimum absolute atomic E-state index is 0.115. The van der Waals surface area contributed by atoms with Crippen LogP contribution in [0.2, 0.25) is 0 Å². The number of nitrogens with one attached hydrogen (secondary N) is 1. The van der Waals surface area contributed by atoms with E-state index in [0.29, 0.717) is 32.1 Å². The SMILES string of the molecule is O=C1CN(C(=O)C=Cc2ccc3c(c2)OCCCO3)CCN1. The van der Waals surface area contributed by atoms with Gasteiger partial charge in [0.15, 0.2) is 11.5 Å². The highest BCUT2D eigenvalue weighted by Crippen LogP contribution is 2.30. The van der Waals surface area contributed by atoms with E-state index < -0.39 is 0 Å². The number of amides is 2. The van der Waals surface area contributed by atoms with Gasteiger partial charge in [0, 0.05) is 25.6 Å². The minimum Gasteiger partial charge on any atom is -0.490 e. The number of ether oxygens (including phenoxy) is 2. The van der Waals surface area contributed by atoms with Crippen LogP contribution >= 0.6 is 0 Å². The highest BCUT2D eigenvalue weighted by Gasteiger charge is 2.19. The Morgan fingerprint density at radius 3 is 2.86 bits per heavy atom. The molecule has 2 amide bonds. The number of hydrogen-bond donors (Lipinski definition) is 1. The van der Waals surface area contributed by atoms with E-state index in [1.807, 2.05) is 18.2 Å². The summed E-state index contributed by atoms with van der Waals surface area (Å²) < 4.78 is 11.2. The van der Waals surface area contributed by atoms with E-state index >= 15 is 0 Å². The highest BCUT2D eigenvalue weighted by atomic mass is 16.5. The van der Waals surface area contributed by atoms with Crippen molar-refractivity contribution >= 4 is 17.9 Å². The third-order valence-electron chi connectivity index (χ3n) is 3.54. The average molecular weight is 302 g/mol.